The van der Waals surface area contributed by atoms with E-state index in [1.807, 2.05) is 0 Å². The number of aliphatic hydroxyl groups excluding tert-OH is 1. The minimum atomic E-state index is -0.284. The predicted octanol–water partition coefficient (Wildman–Crippen LogP) is 0.816. The Labute approximate surface area is 223 Å². The van der Waals surface area contributed by atoms with Crippen LogP contribution in [0.2, 0.25) is 5.15 Å². The molecule has 2 aromatic heterocycles. The van der Waals surface area contributed by atoms with Crippen molar-refractivity contribution in [3.8, 4) is 28.4 Å². The van der Waals surface area contributed by atoms with Crippen LogP contribution >= 0.6 is 11.6 Å². The standard InChI is InChI=1S/C11H9FN2O.C10H6ClFN2.CH4O.CH3O.Na/c1-15-11-10(13-6-7-14-11)8-2-4-9(12)5-3-8;11-10-9(13-5-6-14-10)7-1-3-8(12)4-2-7;2*1-2;/h2-7H,1H3;1-6H;2H,1H3;1H3;/q;;;-1;+1. The Morgan fingerprint density at radius 3 is 1.53 bits per heavy atom. The van der Waals surface area contributed by atoms with Gasteiger partial charge in [-0.25, -0.2) is 23.7 Å². The second kappa shape index (κ2) is 17.9. The zero-order chi connectivity index (χ0) is 24.6. The van der Waals surface area contributed by atoms with E-state index in [-0.39, 0.29) is 41.2 Å². The van der Waals surface area contributed by atoms with Crippen molar-refractivity contribution in [3.63, 3.8) is 0 Å². The number of hydrogen-bond donors (Lipinski definition) is 1. The monoisotopic (exact) mass is 498 g/mol. The van der Waals surface area contributed by atoms with Crippen LogP contribution in [0, 0.1) is 11.6 Å². The Hall–Kier alpha value is -2.53. The summed E-state index contributed by atoms with van der Waals surface area (Å²) in [6.07, 6.45) is 6.17. The second-order valence-corrected chi connectivity index (χ2v) is 5.98. The molecule has 0 radical (unpaired) electrons. The first-order valence-electron chi connectivity index (χ1n) is 9.27. The average Bonchev–Trinajstić information content (AvgIpc) is 2.88. The van der Waals surface area contributed by atoms with Gasteiger partial charge in [-0.1, -0.05) is 11.6 Å². The van der Waals surface area contributed by atoms with Crippen LogP contribution in [0.15, 0.2) is 73.3 Å². The quantitative estimate of drug-likeness (QED) is 0.417. The van der Waals surface area contributed by atoms with Gasteiger partial charge >= 0.3 is 29.6 Å². The number of nitrogens with zero attached hydrogens (tertiary/aromatic N) is 4. The van der Waals surface area contributed by atoms with E-state index in [0.29, 0.717) is 22.4 Å². The number of aromatic nitrogens is 4. The first kappa shape index (κ1) is 31.5. The number of methoxy groups -OCH3 is 1. The molecule has 0 aliphatic heterocycles. The zero-order valence-corrected chi connectivity index (χ0v) is 21.9. The minimum absolute atomic E-state index is 0. The number of benzene rings is 2. The van der Waals surface area contributed by atoms with Crippen molar-refractivity contribution in [1.29, 1.82) is 0 Å². The molecule has 0 saturated carbocycles. The molecule has 0 unspecified atom stereocenters. The molecule has 4 aromatic rings. The number of halogens is 3. The molecule has 0 atom stereocenters. The molecule has 0 fully saturated rings. The van der Waals surface area contributed by atoms with E-state index in [9.17, 15) is 8.78 Å². The Morgan fingerprint density at radius 1 is 0.706 bits per heavy atom. The van der Waals surface area contributed by atoms with E-state index in [1.165, 1.54) is 37.6 Å². The molecule has 2 aromatic carbocycles. The van der Waals surface area contributed by atoms with Gasteiger partial charge in [-0.3, -0.25) is 4.98 Å². The van der Waals surface area contributed by atoms with Crippen LogP contribution in [0.5, 0.6) is 5.88 Å². The topological polar surface area (TPSA) is 104 Å². The van der Waals surface area contributed by atoms with E-state index in [2.05, 4.69) is 19.9 Å². The molecule has 0 aliphatic carbocycles. The maximum Gasteiger partial charge on any atom is 1.00 e. The van der Waals surface area contributed by atoms with Crippen LogP contribution in [0.1, 0.15) is 0 Å². The number of rotatable bonds is 3. The Bertz CT molecular complexity index is 1090. The second-order valence-electron chi connectivity index (χ2n) is 5.62. The summed E-state index contributed by atoms with van der Waals surface area (Å²) < 4.78 is 30.4. The molecule has 11 heteroatoms. The van der Waals surface area contributed by atoms with Crippen molar-refractivity contribution < 1.29 is 53.3 Å². The summed E-state index contributed by atoms with van der Waals surface area (Å²) in [6, 6.07) is 12.0. The van der Waals surface area contributed by atoms with Gasteiger partial charge in [0.15, 0.2) is 5.15 Å². The van der Waals surface area contributed by atoms with Crippen LogP contribution in [0.4, 0.5) is 8.78 Å². The molecule has 7 nitrogen and oxygen atoms in total. The molecular formula is C23H22ClF2N4NaO3. The van der Waals surface area contributed by atoms with Crippen molar-refractivity contribution >= 4 is 11.6 Å². The molecule has 174 valence electrons. The van der Waals surface area contributed by atoms with Gasteiger partial charge in [0.2, 0.25) is 5.88 Å². The zero-order valence-electron chi connectivity index (χ0n) is 19.1. The molecule has 0 saturated heterocycles. The van der Waals surface area contributed by atoms with Crippen molar-refractivity contribution in [1.82, 2.24) is 19.9 Å². The van der Waals surface area contributed by atoms with Crippen LogP contribution in [-0.2, 0) is 0 Å². The number of ether oxygens (including phenoxy) is 1. The van der Waals surface area contributed by atoms with Gasteiger partial charge in [-0.15, -0.1) is 0 Å². The molecule has 4 rings (SSSR count). The van der Waals surface area contributed by atoms with Crippen LogP contribution < -0.4 is 39.4 Å². The summed E-state index contributed by atoms with van der Waals surface area (Å²) in [4.78, 5) is 16.1. The van der Waals surface area contributed by atoms with Crippen LogP contribution in [-0.4, -0.2) is 46.4 Å². The Balaban J connectivity index is 0.000000546. The molecule has 34 heavy (non-hydrogen) atoms. The van der Waals surface area contributed by atoms with E-state index in [4.69, 9.17) is 26.6 Å². The SMILES string of the molecule is CO.COc1nccnc1-c1ccc(F)cc1.C[O-].Fc1ccc(-c2nccnc2Cl)cc1.[Na+]. The van der Waals surface area contributed by atoms with E-state index < -0.39 is 0 Å². The van der Waals surface area contributed by atoms with Crippen LogP contribution in [0.3, 0.4) is 0 Å². The van der Waals surface area contributed by atoms with Crippen molar-refractivity contribution in [2.24, 2.45) is 0 Å². The van der Waals surface area contributed by atoms with Crippen molar-refractivity contribution in [3.05, 3.63) is 90.1 Å². The maximum atomic E-state index is 12.7. The molecule has 1 N–H and O–H groups in total. The maximum absolute atomic E-state index is 12.7. The summed E-state index contributed by atoms with van der Waals surface area (Å²) in [7, 11) is 3.27. The van der Waals surface area contributed by atoms with Gasteiger partial charge in [-0.05, 0) is 48.5 Å². The number of hydrogen-bond acceptors (Lipinski definition) is 7. The van der Waals surface area contributed by atoms with Gasteiger partial charge < -0.3 is 14.9 Å². The van der Waals surface area contributed by atoms with E-state index in [0.717, 1.165) is 25.3 Å². The molecule has 0 spiro atoms. The third-order valence-corrected chi connectivity index (χ3v) is 4.02. The summed E-state index contributed by atoms with van der Waals surface area (Å²) in [5, 5.41) is 15.6. The summed E-state index contributed by atoms with van der Waals surface area (Å²) in [5.74, 6) is -0.125. The van der Waals surface area contributed by atoms with Gasteiger partial charge in [0.25, 0.3) is 0 Å². The third-order valence-electron chi connectivity index (χ3n) is 3.75. The molecular weight excluding hydrogens is 477 g/mol. The van der Waals surface area contributed by atoms with Crippen LogP contribution in [0.25, 0.3) is 22.5 Å². The Morgan fingerprint density at radius 2 is 1.09 bits per heavy atom. The summed E-state index contributed by atoms with van der Waals surface area (Å²) >= 11 is 5.83. The fourth-order valence-corrected chi connectivity index (χ4v) is 2.62. The van der Waals surface area contributed by atoms with Gasteiger partial charge in [0, 0.05) is 43.0 Å². The van der Waals surface area contributed by atoms with Gasteiger partial charge in [-0.2, -0.15) is 7.11 Å². The predicted molar refractivity (Wildman–Crippen MR) is 120 cm³/mol. The largest absolute Gasteiger partial charge is 1.00 e. The normalized spacial score (nSPS) is 8.94. The smallest absolute Gasteiger partial charge is 0.857 e. The van der Waals surface area contributed by atoms with E-state index in [1.54, 1.807) is 42.9 Å². The average molecular weight is 499 g/mol. The fourth-order valence-electron chi connectivity index (χ4n) is 2.40. The summed E-state index contributed by atoms with van der Waals surface area (Å²) in [5.41, 5.74) is 2.71. The molecule has 2 heterocycles. The van der Waals surface area contributed by atoms with Crippen molar-refractivity contribution in [2.75, 3.05) is 21.3 Å². The van der Waals surface area contributed by atoms with E-state index >= 15 is 0 Å². The Kier molecular flexibility index (Phi) is 16.6. The third kappa shape index (κ3) is 9.76. The van der Waals surface area contributed by atoms with Crippen molar-refractivity contribution in [2.45, 2.75) is 0 Å². The first-order valence-corrected chi connectivity index (χ1v) is 9.65. The van der Waals surface area contributed by atoms with Gasteiger partial charge in [0.05, 0.1) is 7.11 Å². The fraction of sp³-hybridized carbons (Fsp3) is 0.130. The minimum Gasteiger partial charge on any atom is -0.857 e. The summed E-state index contributed by atoms with van der Waals surface area (Å²) in [6.45, 7) is 0. The number of aliphatic hydroxyl groups is 1. The molecule has 0 aliphatic rings. The van der Waals surface area contributed by atoms with Gasteiger partial charge in [0.1, 0.15) is 23.0 Å². The molecule has 0 bridgehead atoms. The first-order chi connectivity index (χ1) is 16.1. The molecule has 0 amide bonds.